The molecular formula is C9H12Si3. The lowest BCUT2D eigenvalue weighted by Gasteiger charge is -1.97. The van der Waals surface area contributed by atoms with E-state index in [2.05, 4.69) is 52.7 Å². The van der Waals surface area contributed by atoms with Crippen LogP contribution in [0, 0.1) is 0 Å². The summed E-state index contributed by atoms with van der Waals surface area (Å²) < 4.78 is 0. The smallest absolute Gasteiger partial charge is 0.0553 e. The monoisotopic (exact) mass is 204 g/mol. The molecule has 0 aliphatic rings. The van der Waals surface area contributed by atoms with Gasteiger partial charge in [0.15, 0.2) is 0 Å². The van der Waals surface area contributed by atoms with Gasteiger partial charge in [0.2, 0.25) is 0 Å². The summed E-state index contributed by atoms with van der Waals surface area (Å²) in [5, 5.41) is 7.35. The highest BCUT2D eigenvalue weighted by Gasteiger charge is 1.94. The summed E-state index contributed by atoms with van der Waals surface area (Å²) >= 11 is 0. The number of rotatable bonds is 3. The second-order valence-electron chi connectivity index (χ2n) is 2.55. The zero-order valence-electron chi connectivity index (χ0n) is 7.09. The van der Waals surface area contributed by atoms with Crippen LogP contribution in [-0.4, -0.2) is 25.2 Å². The standard InChI is InChI=1S/C9H12Si3/c1-4-10-7-11(5-2)9-12(6-3)8-10/h4-9H,1-3H2. The Bertz CT molecular complexity index is 264. The van der Waals surface area contributed by atoms with Crippen LogP contribution < -0.4 is 0 Å². The van der Waals surface area contributed by atoms with Gasteiger partial charge in [-0.25, -0.2) is 0 Å². The van der Waals surface area contributed by atoms with Crippen molar-refractivity contribution in [1.82, 2.24) is 0 Å². The van der Waals surface area contributed by atoms with E-state index in [1.807, 2.05) is 0 Å². The van der Waals surface area contributed by atoms with E-state index in [9.17, 15) is 0 Å². The molecule has 3 heteroatoms. The van der Waals surface area contributed by atoms with Crippen molar-refractivity contribution in [2.24, 2.45) is 0 Å². The van der Waals surface area contributed by atoms with E-state index in [-0.39, 0.29) is 0 Å². The molecule has 0 N–H and O–H groups in total. The van der Waals surface area contributed by atoms with Gasteiger partial charge in [0.1, 0.15) is 0 Å². The fourth-order valence-corrected chi connectivity index (χ4v) is 11.8. The summed E-state index contributed by atoms with van der Waals surface area (Å²) in [6.45, 7) is 11.6. The van der Waals surface area contributed by atoms with E-state index in [4.69, 9.17) is 0 Å². The Labute approximate surface area is 78.2 Å². The van der Waals surface area contributed by atoms with E-state index >= 15 is 0 Å². The van der Waals surface area contributed by atoms with E-state index < -0.39 is 25.2 Å². The SMILES string of the molecule is C=C[si]1c[si](C=C)c[si](C=C)c1. The van der Waals surface area contributed by atoms with Gasteiger partial charge in [-0.3, -0.25) is 0 Å². The van der Waals surface area contributed by atoms with Crippen LogP contribution >= 0.6 is 0 Å². The zero-order chi connectivity index (χ0) is 8.97. The van der Waals surface area contributed by atoms with Crippen LogP contribution in [-0.2, 0) is 0 Å². The van der Waals surface area contributed by atoms with E-state index in [0.717, 1.165) is 0 Å². The van der Waals surface area contributed by atoms with E-state index in [1.165, 1.54) is 0 Å². The minimum atomic E-state index is -0.477. The largest absolute Gasteiger partial charge is 0.103 e. The van der Waals surface area contributed by atoms with Crippen molar-refractivity contribution in [1.29, 1.82) is 0 Å². The molecule has 1 heterocycles. The maximum atomic E-state index is 3.85. The van der Waals surface area contributed by atoms with Gasteiger partial charge < -0.3 is 0 Å². The molecule has 0 saturated heterocycles. The summed E-state index contributed by atoms with van der Waals surface area (Å²) in [5.74, 6) is 0. The molecule has 0 bridgehead atoms. The van der Waals surface area contributed by atoms with Gasteiger partial charge in [-0.2, -0.15) is 0 Å². The predicted octanol–water partition coefficient (Wildman–Crippen LogP) is 2.07. The molecule has 1 rings (SSSR count). The van der Waals surface area contributed by atoms with Crippen LogP contribution in [0.3, 0.4) is 0 Å². The predicted molar refractivity (Wildman–Crippen MR) is 63.5 cm³/mol. The Morgan fingerprint density at radius 3 is 1.08 bits per heavy atom. The summed E-state index contributed by atoms with van der Waals surface area (Å²) in [5.41, 5.74) is 6.29. The van der Waals surface area contributed by atoms with Crippen LogP contribution in [0.1, 0.15) is 0 Å². The van der Waals surface area contributed by atoms with Gasteiger partial charge >= 0.3 is 0 Å². The van der Waals surface area contributed by atoms with Crippen molar-refractivity contribution in [2.75, 3.05) is 0 Å². The molecule has 0 nitrogen and oxygen atoms in total. The Hall–Kier alpha value is -0.519. The van der Waals surface area contributed by atoms with E-state index in [0.29, 0.717) is 0 Å². The molecule has 60 valence electrons. The molecule has 12 heavy (non-hydrogen) atoms. The van der Waals surface area contributed by atoms with Crippen molar-refractivity contribution in [3.63, 3.8) is 0 Å². The van der Waals surface area contributed by atoms with Crippen LogP contribution in [0.4, 0.5) is 0 Å². The molecule has 0 spiro atoms. The van der Waals surface area contributed by atoms with Crippen LogP contribution in [0.2, 0.25) is 0 Å². The maximum absolute atomic E-state index is 3.85. The second-order valence-corrected chi connectivity index (χ2v) is 10.2. The summed E-state index contributed by atoms with van der Waals surface area (Å²) in [7, 11) is -1.43. The summed E-state index contributed by atoms with van der Waals surface area (Å²) in [6, 6.07) is 0. The first-order valence-electron chi connectivity index (χ1n) is 3.82. The number of hydrogen-bond donors (Lipinski definition) is 0. The second kappa shape index (κ2) is 4.49. The van der Waals surface area contributed by atoms with Gasteiger partial charge in [0, 0.05) is 0 Å². The van der Waals surface area contributed by atoms with Crippen LogP contribution in [0.25, 0.3) is 17.1 Å². The average molecular weight is 204 g/mol. The first kappa shape index (κ1) is 9.57. The molecule has 1 aromatic heterocycles. The lowest BCUT2D eigenvalue weighted by molar-refractivity contribution is 2.37. The van der Waals surface area contributed by atoms with Crippen LogP contribution in [0.5, 0.6) is 0 Å². The lowest BCUT2D eigenvalue weighted by atomic mass is 11.3. The summed E-state index contributed by atoms with van der Waals surface area (Å²) in [4.78, 5) is 0. The van der Waals surface area contributed by atoms with Crippen molar-refractivity contribution >= 4 is 42.3 Å². The molecule has 0 unspecified atom stereocenters. The Morgan fingerprint density at radius 2 is 0.917 bits per heavy atom. The van der Waals surface area contributed by atoms with Gasteiger partial charge in [0.25, 0.3) is 0 Å². The Balaban J connectivity index is 3.26. The van der Waals surface area contributed by atoms with Gasteiger partial charge in [-0.1, -0.05) is 33.0 Å². The molecule has 0 aromatic carbocycles. The Kier molecular flexibility index (Phi) is 3.58. The first-order valence-corrected chi connectivity index (χ1v) is 9.02. The third kappa shape index (κ3) is 2.23. The fourth-order valence-electron chi connectivity index (χ4n) is 1.06. The lowest BCUT2D eigenvalue weighted by Crippen LogP contribution is -2.06. The third-order valence-corrected chi connectivity index (χ3v) is 11.1. The molecular weight excluding hydrogens is 192 g/mol. The minimum absolute atomic E-state index is 0.477. The number of hydrogen-bond acceptors (Lipinski definition) is 0. The van der Waals surface area contributed by atoms with Crippen molar-refractivity contribution in [3.05, 3.63) is 35.6 Å². The normalized spacial score (nSPS) is 9.00. The topological polar surface area (TPSA) is 0 Å². The highest BCUT2D eigenvalue weighted by molar-refractivity contribution is 6.92. The highest BCUT2D eigenvalue weighted by atomic mass is 28.3. The zero-order valence-corrected chi connectivity index (χ0v) is 10.1. The van der Waals surface area contributed by atoms with Crippen molar-refractivity contribution in [2.45, 2.75) is 0 Å². The molecule has 0 amide bonds. The molecule has 1 aromatic rings. The van der Waals surface area contributed by atoms with Gasteiger partial charge in [0.05, 0.1) is 25.2 Å². The molecule has 0 aliphatic heterocycles. The van der Waals surface area contributed by atoms with Gasteiger partial charge in [-0.15, -0.1) is 19.7 Å². The molecule has 0 saturated carbocycles. The highest BCUT2D eigenvalue weighted by Crippen LogP contribution is 1.90. The average Bonchev–Trinajstić information content (AvgIpc) is 2.16. The van der Waals surface area contributed by atoms with Gasteiger partial charge in [-0.05, 0) is 0 Å². The Morgan fingerprint density at radius 1 is 0.667 bits per heavy atom. The first-order chi connectivity index (χ1) is 5.80. The third-order valence-electron chi connectivity index (χ3n) is 1.71. The quantitative estimate of drug-likeness (QED) is 0.661. The van der Waals surface area contributed by atoms with Crippen molar-refractivity contribution in [3.8, 4) is 0 Å². The fraction of sp³-hybridized carbons (Fsp3) is 0. The van der Waals surface area contributed by atoms with E-state index in [1.54, 1.807) is 0 Å². The molecule has 0 fully saturated rings. The van der Waals surface area contributed by atoms with Crippen molar-refractivity contribution < 1.29 is 0 Å². The van der Waals surface area contributed by atoms with Crippen LogP contribution in [0.15, 0.2) is 35.6 Å². The molecule has 0 aliphatic carbocycles. The summed E-state index contributed by atoms with van der Waals surface area (Å²) in [6.07, 6.45) is 0. The molecule has 0 radical (unpaired) electrons. The minimum Gasteiger partial charge on any atom is -0.103 e. The molecule has 0 atom stereocenters. The maximum Gasteiger partial charge on any atom is 0.0553 e.